The predicted molar refractivity (Wildman–Crippen MR) is 69.1 cm³/mol. The van der Waals surface area contributed by atoms with Gasteiger partial charge in [0.05, 0.1) is 5.75 Å². The van der Waals surface area contributed by atoms with Crippen LogP contribution in [-0.4, -0.2) is 34.0 Å². The van der Waals surface area contributed by atoms with E-state index < -0.39 is 11.5 Å². The van der Waals surface area contributed by atoms with Gasteiger partial charge in [0.1, 0.15) is 5.54 Å². The maximum Gasteiger partial charge on any atom is 0.329 e. The molecule has 0 saturated heterocycles. The van der Waals surface area contributed by atoms with E-state index >= 15 is 0 Å². The van der Waals surface area contributed by atoms with E-state index in [4.69, 9.17) is 0 Å². The predicted octanol–water partition coefficient (Wildman–Crippen LogP) is 1.89. The van der Waals surface area contributed by atoms with Crippen molar-refractivity contribution >= 4 is 23.6 Å². The van der Waals surface area contributed by atoms with Crippen LogP contribution in [0, 0.1) is 5.92 Å². The van der Waals surface area contributed by atoms with Gasteiger partial charge in [0.25, 0.3) is 0 Å². The zero-order valence-electron chi connectivity index (χ0n) is 10.5. The van der Waals surface area contributed by atoms with Crippen molar-refractivity contribution in [2.75, 3.05) is 11.5 Å². The highest BCUT2D eigenvalue weighted by Gasteiger charge is 2.48. The molecule has 1 amide bonds. The molecule has 0 heterocycles. The van der Waals surface area contributed by atoms with E-state index in [0.29, 0.717) is 5.75 Å². The third kappa shape index (κ3) is 4.22. The van der Waals surface area contributed by atoms with Gasteiger partial charge in [0.2, 0.25) is 5.91 Å². The van der Waals surface area contributed by atoms with E-state index in [0.717, 1.165) is 31.4 Å². The fraction of sp³-hybridized carbons (Fsp3) is 0.833. The fourth-order valence-electron chi connectivity index (χ4n) is 1.73. The Balaban J connectivity index is 2.35. The van der Waals surface area contributed by atoms with Crippen LogP contribution < -0.4 is 5.32 Å². The lowest BCUT2D eigenvalue weighted by Gasteiger charge is -2.26. The first-order valence-corrected chi connectivity index (χ1v) is 7.28. The van der Waals surface area contributed by atoms with Crippen LogP contribution >= 0.6 is 11.8 Å². The van der Waals surface area contributed by atoms with E-state index in [1.54, 1.807) is 18.7 Å². The summed E-state index contributed by atoms with van der Waals surface area (Å²) >= 11 is 1.57. The second-order valence-corrected chi connectivity index (χ2v) is 5.84. The molecule has 17 heavy (non-hydrogen) atoms. The average Bonchev–Trinajstić information content (AvgIpc) is 3.07. The van der Waals surface area contributed by atoms with Crippen molar-refractivity contribution in [3.05, 3.63) is 0 Å². The molecule has 0 aromatic carbocycles. The number of aliphatic carboxylic acids is 1. The maximum atomic E-state index is 11.7. The van der Waals surface area contributed by atoms with Gasteiger partial charge >= 0.3 is 5.97 Å². The lowest BCUT2D eigenvalue weighted by molar-refractivity contribution is -0.147. The summed E-state index contributed by atoms with van der Waals surface area (Å²) in [6.07, 6.45) is 4.00. The summed E-state index contributed by atoms with van der Waals surface area (Å²) < 4.78 is 0. The van der Waals surface area contributed by atoms with Gasteiger partial charge in [0.15, 0.2) is 0 Å². The quantitative estimate of drug-likeness (QED) is 0.653. The summed E-state index contributed by atoms with van der Waals surface area (Å²) in [6.45, 7) is 3.72. The Morgan fingerprint density at radius 3 is 2.59 bits per heavy atom. The van der Waals surface area contributed by atoms with Crippen molar-refractivity contribution < 1.29 is 14.7 Å². The van der Waals surface area contributed by atoms with Crippen LogP contribution in [0.15, 0.2) is 0 Å². The van der Waals surface area contributed by atoms with E-state index in [9.17, 15) is 14.7 Å². The maximum absolute atomic E-state index is 11.7. The molecule has 4 nitrogen and oxygen atoms in total. The average molecular weight is 259 g/mol. The van der Waals surface area contributed by atoms with Crippen LogP contribution in [0.4, 0.5) is 0 Å². The summed E-state index contributed by atoms with van der Waals surface area (Å²) in [5, 5.41) is 11.9. The Morgan fingerprint density at radius 1 is 1.47 bits per heavy atom. The molecule has 0 aromatic heterocycles. The zero-order valence-corrected chi connectivity index (χ0v) is 11.3. The van der Waals surface area contributed by atoms with Gasteiger partial charge in [-0.3, -0.25) is 4.79 Å². The van der Waals surface area contributed by atoms with Crippen molar-refractivity contribution in [3.63, 3.8) is 0 Å². The monoisotopic (exact) mass is 259 g/mol. The molecule has 98 valence electrons. The highest BCUT2D eigenvalue weighted by Crippen LogP contribution is 2.39. The largest absolute Gasteiger partial charge is 0.480 e. The number of unbranched alkanes of at least 4 members (excludes halogenated alkanes) is 1. The van der Waals surface area contributed by atoms with Crippen molar-refractivity contribution in [2.45, 2.75) is 45.1 Å². The number of carboxylic acids is 1. The van der Waals surface area contributed by atoms with Gasteiger partial charge in [-0.05, 0) is 37.9 Å². The standard InChI is InChI=1S/C12H21NO3S/c1-3-4-7-17-8-10(14)13-12(2,11(15)16)9-5-6-9/h9H,3-8H2,1-2H3,(H,13,14)(H,15,16). The van der Waals surface area contributed by atoms with E-state index in [-0.39, 0.29) is 11.8 Å². The smallest absolute Gasteiger partial charge is 0.329 e. The fourth-order valence-corrected chi connectivity index (χ4v) is 2.62. The second kappa shape index (κ2) is 6.28. The van der Waals surface area contributed by atoms with E-state index in [1.165, 1.54) is 0 Å². The summed E-state index contributed by atoms with van der Waals surface area (Å²) in [6, 6.07) is 0. The molecule has 1 atom stereocenters. The normalized spacial score (nSPS) is 18.5. The summed E-state index contributed by atoms with van der Waals surface area (Å²) in [7, 11) is 0. The summed E-state index contributed by atoms with van der Waals surface area (Å²) in [5.74, 6) is 0.326. The number of carbonyl (C=O) groups excluding carboxylic acids is 1. The third-order valence-electron chi connectivity index (χ3n) is 3.11. The Bertz CT molecular complexity index is 291. The first-order chi connectivity index (χ1) is 8.00. The lowest BCUT2D eigenvalue weighted by atomic mass is 9.96. The van der Waals surface area contributed by atoms with Crippen LogP contribution in [0.25, 0.3) is 0 Å². The topological polar surface area (TPSA) is 66.4 Å². The van der Waals surface area contributed by atoms with Crippen LogP contribution in [0.5, 0.6) is 0 Å². The SMILES string of the molecule is CCCCSCC(=O)NC(C)(C(=O)O)C1CC1. The minimum Gasteiger partial charge on any atom is -0.480 e. The molecular weight excluding hydrogens is 238 g/mol. The number of amides is 1. The van der Waals surface area contributed by atoms with Gasteiger partial charge in [-0.2, -0.15) is 11.8 Å². The van der Waals surface area contributed by atoms with Crippen molar-refractivity contribution in [3.8, 4) is 0 Å². The number of hydrogen-bond donors (Lipinski definition) is 2. The van der Waals surface area contributed by atoms with Crippen molar-refractivity contribution in [2.24, 2.45) is 5.92 Å². The highest BCUT2D eigenvalue weighted by molar-refractivity contribution is 7.99. The third-order valence-corrected chi connectivity index (χ3v) is 4.16. The minimum atomic E-state index is -1.07. The number of carboxylic acid groups (broad SMARTS) is 1. The Kier molecular flexibility index (Phi) is 5.31. The summed E-state index contributed by atoms with van der Waals surface area (Å²) in [5.41, 5.74) is -1.07. The first kappa shape index (κ1) is 14.4. The molecular formula is C12H21NO3S. The lowest BCUT2D eigenvalue weighted by Crippen LogP contribution is -2.54. The van der Waals surface area contributed by atoms with Gasteiger partial charge in [-0.15, -0.1) is 0 Å². The Morgan fingerprint density at radius 2 is 2.12 bits per heavy atom. The zero-order chi connectivity index (χ0) is 12.9. The molecule has 1 rings (SSSR count). The molecule has 1 aliphatic carbocycles. The van der Waals surface area contributed by atoms with Gasteiger partial charge < -0.3 is 10.4 Å². The molecule has 0 spiro atoms. The molecule has 0 bridgehead atoms. The highest BCUT2D eigenvalue weighted by atomic mass is 32.2. The van der Waals surface area contributed by atoms with Gasteiger partial charge in [0, 0.05) is 0 Å². The van der Waals surface area contributed by atoms with Crippen molar-refractivity contribution in [1.29, 1.82) is 0 Å². The molecule has 1 unspecified atom stereocenters. The van der Waals surface area contributed by atoms with E-state index in [1.807, 2.05) is 0 Å². The van der Waals surface area contributed by atoms with Gasteiger partial charge in [-0.1, -0.05) is 13.3 Å². The number of rotatable bonds is 8. The Labute approximate surface area is 107 Å². The van der Waals surface area contributed by atoms with Crippen LogP contribution in [0.2, 0.25) is 0 Å². The number of hydrogen-bond acceptors (Lipinski definition) is 3. The van der Waals surface area contributed by atoms with Crippen molar-refractivity contribution in [1.82, 2.24) is 5.32 Å². The summed E-state index contributed by atoms with van der Waals surface area (Å²) in [4.78, 5) is 22.9. The number of carbonyl (C=O) groups is 2. The molecule has 1 saturated carbocycles. The van der Waals surface area contributed by atoms with Gasteiger partial charge in [-0.25, -0.2) is 4.79 Å². The second-order valence-electron chi connectivity index (χ2n) is 4.74. The molecule has 1 fully saturated rings. The Hall–Kier alpha value is -0.710. The van der Waals surface area contributed by atoms with Crippen LogP contribution in [0.1, 0.15) is 39.5 Å². The molecule has 2 N–H and O–H groups in total. The molecule has 0 aliphatic heterocycles. The molecule has 5 heteroatoms. The van der Waals surface area contributed by atoms with Crippen LogP contribution in [-0.2, 0) is 9.59 Å². The molecule has 1 aliphatic rings. The number of nitrogens with one attached hydrogen (secondary N) is 1. The van der Waals surface area contributed by atoms with E-state index in [2.05, 4.69) is 12.2 Å². The molecule has 0 aromatic rings. The first-order valence-electron chi connectivity index (χ1n) is 6.13. The molecule has 0 radical (unpaired) electrons. The number of thioether (sulfide) groups is 1. The van der Waals surface area contributed by atoms with Crippen LogP contribution in [0.3, 0.4) is 0 Å². The minimum absolute atomic E-state index is 0.101.